The zero-order valence-electron chi connectivity index (χ0n) is 15.3. The van der Waals surface area contributed by atoms with Crippen LogP contribution in [0.25, 0.3) is 6.08 Å². The van der Waals surface area contributed by atoms with Crippen LogP contribution in [0.2, 0.25) is 0 Å². The summed E-state index contributed by atoms with van der Waals surface area (Å²) in [5, 5.41) is 5.62. The molecular weight excluding hydrogens is 328 g/mol. The minimum absolute atomic E-state index is 0.0171. The average Bonchev–Trinajstić information content (AvgIpc) is 2.61. The van der Waals surface area contributed by atoms with E-state index in [0.29, 0.717) is 29.5 Å². The van der Waals surface area contributed by atoms with Crippen LogP contribution in [0.1, 0.15) is 25.8 Å². The molecule has 26 heavy (non-hydrogen) atoms. The van der Waals surface area contributed by atoms with Gasteiger partial charge in [0.2, 0.25) is 11.8 Å². The number of para-hydroxylation sites is 1. The van der Waals surface area contributed by atoms with Crippen LogP contribution >= 0.6 is 0 Å². The number of carbonyl (C=O) groups is 2. The minimum atomic E-state index is -0.243. The van der Waals surface area contributed by atoms with Crippen molar-refractivity contribution in [3.63, 3.8) is 0 Å². The number of benzene rings is 2. The average molecular weight is 352 g/mol. The van der Waals surface area contributed by atoms with Gasteiger partial charge in [-0.1, -0.05) is 32.0 Å². The van der Waals surface area contributed by atoms with Gasteiger partial charge in [0.15, 0.2) is 0 Å². The quantitative estimate of drug-likeness (QED) is 0.729. The highest BCUT2D eigenvalue weighted by molar-refractivity contribution is 6.02. The van der Waals surface area contributed by atoms with Crippen molar-refractivity contribution in [3.8, 4) is 5.75 Å². The van der Waals surface area contributed by atoms with E-state index in [4.69, 9.17) is 4.74 Å². The van der Waals surface area contributed by atoms with Gasteiger partial charge >= 0.3 is 0 Å². The number of hydrogen-bond acceptors (Lipinski definition) is 3. The van der Waals surface area contributed by atoms with E-state index in [1.165, 1.54) is 6.08 Å². The molecule has 0 atom stereocenters. The van der Waals surface area contributed by atoms with E-state index in [9.17, 15) is 9.59 Å². The molecule has 0 heterocycles. The summed E-state index contributed by atoms with van der Waals surface area (Å²) in [7, 11) is 1.59. The van der Waals surface area contributed by atoms with Gasteiger partial charge in [0.05, 0.1) is 7.11 Å². The number of methoxy groups -OCH3 is 1. The molecule has 0 aliphatic carbocycles. The molecule has 5 nitrogen and oxygen atoms in total. The Hall–Kier alpha value is -3.08. The highest BCUT2D eigenvalue weighted by atomic mass is 16.5. The number of hydrogen-bond donors (Lipinski definition) is 2. The molecule has 2 N–H and O–H groups in total. The standard InChI is InChI=1S/C21H24N2O3/c1-15(2)14-21(25)23-18-11-9-17(10-12-18)22-20(24)13-8-16-6-4-5-7-19(16)26-3/h4-13,15H,14H2,1-3H3,(H,22,24)(H,23,25)/b13-8+. The zero-order chi connectivity index (χ0) is 18.9. The summed E-state index contributed by atoms with van der Waals surface area (Å²) in [5.41, 5.74) is 2.19. The summed E-state index contributed by atoms with van der Waals surface area (Å²) in [4.78, 5) is 23.8. The Kier molecular flexibility index (Phi) is 6.97. The molecule has 0 fully saturated rings. The molecule has 0 unspecified atom stereocenters. The van der Waals surface area contributed by atoms with Gasteiger partial charge in [0.1, 0.15) is 5.75 Å². The van der Waals surface area contributed by atoms with Crippen LogP contribution in [-0.4, -0.2) is 18.9 Å². The molecule has 0 radical (unpaired) electrons. The monoisotopic (exact) mass is 352 g/mol. The lowest BCUT2D eigenvalue weighted by molar-refractivity contribution is -0.117. The summed E-state index contributed by atoms with van der Waals surface area (Å²) in [6.45, 7) is 3.99. The maximum atomic E-state index is 12.1. The van der Waals surface area contributed by atoms with Crippen molar-refractivity contribution in [2.45, 2.75) is 20.3 Å². The number of carbonyl (C=O) groups excluding carboxylic acids is 2. The van der Waals surface area contributed by atoms with Crippen molar-refractivity contribution in [1.29, 1.82) is 0 Å². The third-order valence-corrected chi connectivity index (χ3v) is 3.58. The Bertz CT molecular complexity index is 780. The van der Waals surface area contributed by atoms with Crippen molar-refractivity contribution < 1.29 is 14.3 Å². The summed E-state index contributed by atoms with van der Waals surface area (Å²) in [6.07, 6.45) is 3.64. The predicted octanol–water partition coefficient (Wildman–Crippen LogP) is 4.33. The second-order valence-corrected chi connectivity index (χ2v) is 6.29. The maximum absolute atomic E-state index is 12.1. The van der Waals surface area contributed by atoms with Crippen molar-refractivity contribution >= 4 is 29.3 Å². The van der Waals surface area contributed by atoms with Crippen LogP contribution in [0.15, 0.2) is 54.6 Å². The first-order valence-electron chi connectivity index (χ1n) is 8.50. The highest BCUT2D eigenvalue weighted by Gasteiger charge is 2.05. The molecule has 0 aromatic heterocycles. The lowest BCUT2D eigenvalue weighted by atomic mass is 10.1. The second kappa shape index (κ2) is 9.42. The van der Waals surface area contributed by atoms with Gasteiger partial charge in [-0.25, -0.2) is 0 Å². The fourth-order valence-electron chi connectivity index (χ4n) is 2.37. The van der Waals surface area contributed by atoms with E-state index in [1.54, 1.807) is 37.5 Å². The number of nitrogens with one attached hydrogen (secondary N) is 2. The van der Waals surface area contributed by atoms with Gasteiger partial charge in [-0.3, -0.25) is 9.59 Å². The maximum Gasteiger partial charge on any atom is 0.248 e. The SMILES string of the molecule is COc1ccccc1/C=C/C(=O)Nc1ccc(NC(=O)CC(C)C)cc1. The summed E-state index contributed by atoms with van der Waals surface area (Å²) >= 11 is 0. The van der Waals surface area contributed by atoms with E-state index in [2.05, 4.69) is 10.6 Å². The molecule has 2 rings (SSSR count). The van der Waals surface area contributed by atoms with Gasteiger partial charge in [-0.05, 0) is 42.3 Å². The minimum Gasteiger partial charge on any atom is -0.496 e. The third-order valence-electron chi connectivity index (χ3n) is 3.58. The van der Waals surface area contributed by atoms with Crippen LogP contribution in [0, 0.1) is 5.92 Å². The van der Waals surface area contributed by atoms with E-state index in [0.717, 1.165) is 5.56 Å². The topological polar surface area (TPSA) is 67.4 Å². The van der Waals surface area contributed by atoms with E-state index >= 15 is 0 Å². The fraction of sp³-hybridized carbons (Fsp3) is 0.238. The lowest BCUT2D eigenvalue weighted by Crippen LogP contribution is -2.14. The molecule has 0 spiro atoms. The summed E-state index contributed by atoms with van der Waals surface area (Å²) < 4.78 is 5.25. The van der Waals surface area contributed by atoms with E-state index < -0.39 is 0 Å². The van der Waals surface area contributed by atoms with Crippen molar-refractivity contribution in [2.75, 3.05) is 17.7 Å². The number of ether oxygens (including phenoxy) is 1. The van der Waals surface area contributed by atoms with Crippen molar-refractivity contribution in [2.24, 2.45) is 5.92 Å². The summed E-state index contributed by atoms with van der Waals surface area (Å²) in [6, 6.07) is 14.5. The second-order valence-electron chi connectivity index (χ2n) is 6.29. The largest absolute Gasteiger partial charge is 0.496 e. The van der Waals surface area contributed by atoms with Crippen LogP contribution in [0.4, 0.5) is 11.4 Å². The molecule has 0 aliphatic rings. The molecule has 5 heteroatoms. The molecule has 0 saturated carbocycles. The molecule has 0 bridgehead atoms. The van der Waals surface area contributed by atoms with Crippen molar-refractivity contribution in [3.05, 3.63) is 60.2 Å². The van der Waals surface area contributed by atoms with Gasteiger partial charge in [0, 0.05) is 29.4 Å². The first-order chi connectivity index (χ1) is 12.5. The Labute approximate surface area is 154 Å². The normalized spacial score (nSPS) is 10.8. The molecule has 0 aliphatic heterocycles. The summed E-state index contributed by atoms with van der Waals surface area (Å²) in [5.74, 6) is 0.755. The van der Waals surface area contributed by atoms with Crippen LogP contribution < -0.4 is 15.4 Å². The van der Waals surface area contributed by atoms with Gasteiger partial charge in [-0.15, -0.1) is 0 Å². The van der Waals surface area contributed by atoms with E-state index in [1.807, 2.05) is 38.1 Å². The number of anilines is 2. The predicted molar refractivity (Wildman–Crippen MR) is 105 cm³/mol. The third kappa shape index (κ3) is 6.09. The molecule has 2 amide bonds. The smallest absolute Gasteiger partial charge is 0.248 e. The van der Waals surface area contributed by atoms with Crippen LogP contribution in [0.3, 0.4) is 0 Å². The van der Waals surface area contributed by atoms with Gasteiger partial charge in [0.25, 0.3) is 0 Å². The Morgan fingerprint density at radius 3 is 2.23 bits per heavy atom. The molecule has 0 saturated heterocycles. The van der Waals surface area contributed by atoms with Crippen molar-refractivity contribution in [1.82, 2.24) is 0 Å². The molecule has 2 aromatic rings. The van der Waals surface area contributed by atoms with Crippen LogP contribution in [0.5, 0.6) is 5.75 Å². The molecule has 2 aromatic carbocycles. The van der Waals surface area contributed by atoms with Gasteiger partial charge < -0.3 is 15.4 Å². The molecular formula is C21H24N2O3. The van der Waals surface area contributed by atoms with E-state index in [-0.39, 0.29) is 11.8 Å². The fourth-order valence-corrected chi connectivity index (χ4v) is 2.37. The number of rotatable bonds is 7. The lowest BCUT2D eigenvalue weighted by Gasteiger charge is -2.08. The number of amides is 2. The van der Waals surface area contributed by atoms with Gasteiger partial charge in [-0.2, -0.15) is 0 Å². The first-order valence-corrected chi connectivity index (χ1v) is 8.50. The Morgan fingerprint density at radius 1 is 1.00 bits per heavy atom. The Balaban J connectivity index is 1.93. The Morgan fingerprint density at radius 2 is 1.62 bits per heavy atom. The zero-order valence-corrected chi connectivity index (χ0v) is 15.3. The molecule has 136 valence electrons. The van der Waals surface area contributed by atoms with Crippen LogP contribution in [-0.2, 0) is 9.59 Å². The first kappa shape index (κ1) is 19.2. The highest BCUT2D eigenvalue weighted by Crippen LogP contribution is 2.19.